The molecule has 0 bridgehead atoms. The Morgan fingerprint density at radius 2 is 1.79 bits per heavy atom. The van der Waals surface area contributed by atoms with Gasteiger partial charge >= 0.3 is 0 Å². The van der Waals surface area contributed by atoms with E-state index in [-0.39, 0.29) is 21.0 Å². The summed E-state index contributed by atoms with van der Waals surface area (Å²) in [6.07, 6.45) is 1.88. The molecule has 0 heterocycles. The lowest BCUT2D eigenvalue weighted by Gasteiger charge is -2.09. The van der Waals surface area contributed by atoms with Crippen molar-refractivity contribution >= 4 is 0 Å². The normalized spacial score (nSPS) is 11.0. The molecule has 0 aliphatic heterocycles. The Morgan fingerprint density at radius 1 is 1.21 bits per heavy atom. The fourth-order valence-corrected chi connectivity index (χ4v) is 0.602. The van der Waals surface area contributed by atoms with Gasteiger partial charge in [-0.1, -0.05) is 20.9 Å². The molecule has 0 radical (unpaired) electrons. The SMILES string of the molecule is C.C.C=CCOCCOCC(C)OC. The number of ether oxygens (including phenoxy) is 3. The molecule has 0 spiro atoms. The second kappa shape index (κ2) is 15.1. The molecule has 0 aliphatic rings. The molecule has 0 aromatic heterocycles. The second-order valence-corrected chi connectivity index (χ2v) is 2.48. The van der Waals surface area contributed by atoms with Crippen LogP contribution in [0.1, 0.15) is 21.8 Å². The van der Waals surface area contributed by atoms with Gasteiger partial charge < -0.3 is 14.2 Å². The lowest BCUT2D eigenvalue weighted by molar-refractivity contribution is -0.00280. The predicted octanol–water partition coefficient (Wildman–Crippen LogP) is 2.51. The van der Waals surface area contributed by atoms with Crippen LogP contribution in [0.4, 0.5) is 0 Å². The van der Waals surface area contributed by atoms with E-state index in [9.17, 15) is 0 Å². The van der Waals surface area contributed by atoms with E-state index in [1.54, 1.807) is 13.2 Å². The lowest BCUT2D eigenvalue weighted by Crippen LogP contribution is -2.16. The van der Waals surface area contributed by atoms with Crippen molar-refractivity contribution in [2.24, 2.45) is 0 Å². The number of rotatable bonds is 8. The summed E-state index contributed by atoms with van der Waals surface area (Å²) in [5.74, 6) is 0. The number of hydrogen-bond acceptors (Lipinski definition) is 3. The average molecular weight is 206 g/mol. The van der Waals surface area contributed by atoms with Crippen LogP contribution in [0.2, 0.25) is 0 Å². The van der Waals surface area contributed by atoms with E-state index < -0.39 is 0 Å². The smallest absolute Gasteiger partial charge is 0.0776 e. The molecular formula is C11H26O3. The fraction of sp³-hybridized carbons (Fsp3) is 0.818. The first kappa shape index (κ1) is 19.2. The molecule has 0 fully saturated rings. The monoisotopic (exact) mass is 206 g/mol. The van der Waals surface area contributed by atoms with E-state index in [0.29, 0.717) is 26.4 Å². The summed E-state index contributed by atoms with van der Waals surface area (Å²) in [6.45, 7) is 7.93. The molecule has 3 heteroatoms. The lowest BCUT2D eigenvalue weighted by atomic mass is 10.4. The number of hydrogen-bond donors (Lipinski definition) is 0. The zero-order valence-corrected chi connectivity index (χ0v) is 7.91. The van der Waals surface area contributed by atoms with Gasteiger partial charge in [-0.3, -0.25) is 0 Å². The van der Waals surface area contributed by atoms with Crippen LogP contribution in [0, 0.1) is 0 Å². The maximum atomic E-state index is 5.25. The van der Waals surface area contributed by atoms with Crippen LogP contribution < -0.4 is 0 Å². The Kier molecular flexibility index (Phi) is 20.8. The molecular weight excluding hydrogens is 180 g/mol. The Bertz CT molecular complexity index is 105. The van der Waals surface area contributed by atoms with E-state index >= 15 is 0 Å². The molecule has 1 unspecified atom stereocenters. The van der Waals surface area contributed by atoms with Crippen LogP contribution in [0.15, 0.2) is 12.7 Å². The van der Waals surface area contributed by atoms with Crippen molar-refractivity contribution in [3.05, 3.63) is 12.7 Å². The molecule has 0 saturated carbocycles. The standard InChI is InChI=1S/C9H18O3.2CH4/c1-4-5-11-6-7-12-8-9(2)10-3;;/h4,9H,1,5-8H2,2-3H3;2*1H4. The van der Waals surface area contributed by atoms with E-state index in [4.69, 9.17) is 14.2 Å². The van der Waals surface area contributed by atoms with Crippen LogP contribution in [0.25, 0.3) is 0 Å². The van der Waals surface area contributed by atoms with E-state index in [1.807, 2.05) is 6.92 Å². The summed E-state index contributed by atoms with van der Waals surface area (Å²) in [6, 6.07) is 0. The third-order valence-corrected chi connectivity index (χ3v) is 1.36. The van der Waals surface area contributed by atoms with Gasteiger partial charge in [0.05, 0.1) is 32.5 Å². The molecule has 0 aliphatic carbocycles. The van der Waals surface area contributed by atoms with Gasteiger partial charge in [0.25, 0.3) is 0 Å². The first-order valence-electron chi connectivity index (χ1n) is 4.10. The van der Waals surface area contributed by atoms with Gasteiger partial charge in [0, 0.05) is 7.11 Å². The Labute approximate surface area is 89.1 Å². The van der Waals surface area contributed by atoms with Crippen molar-refractivity contribution in [1.82, 2.24) is 0 Å². The minimum Gasteiger partial charge on any atom is -0.379 e. The quantitative estimate of drug-likeness (QED) is 0.451. The molecule has 14 heavy (non-hydrogen) atoms. The summed E-state index contributed by atoms with van der Waals surface area (Å²) >= 11 is 0. The first-order chi connectivity index (χ1) is 5.81. The zero-order chi connectivity index (χ0) is 9.23. The Morgan fingerprint density at radius 3 is 2.29 bits per heavy atom. The van der Waals surface area contributed by atoms with E-state index in [0.717, 1.165) is 0 Å². The van der Waals surface area contributed by atoms with Gasteiger partial charge in [-0.2, -0.15) is 0 Å². The van der Waals surface area contributed by atoms with Crippen LogP contribution in [-0.4, -0.2) is 39.6 Å². The molecule has 0 rings (SSSR count). The highest BCUT2D eigenvalue weighted by atomic mass is 16.5. The topological polar surface area (TPSA) is 27.7 Å². The molecule has 0 saturated heterocycles. The van der Waals surface area contributed by atoms with E-state index in [2.05, 4.69) is 6.58 Å². The van der Waals surface area contributed by atoms with Crippen LogP contribution in [0.3, 0.4) is 0 Å². The average Bonchev–Trinajstić information content (AvgIpc) is 2.10. The molecule has 1 atom stereocenters. The van der Waals surface area contributed by atoms with Gasteiger partial charge in [-0.15, -0.1) is 6.58 Å². The maximum Gasteiger partial charge on any atom is 0.0776 e. The van der Waals surface area contributed by atoms with Gasteiger partial charge in [0.1, 0.15) is 0 Å². The van der Waals surface area contributed by atoms with Crippen molar-refractivity contribution in [3.8, 4) is 0 Å². The minimum atomic E-state index is 0. The third kappa shape index (κ3) is 14.2. The largest absolute Gasteiger partial charge is 0.379 e. The first-order valence-corrected chi connectivity index (χ1v) is 4.10. The summed E-state index contributed by atoms with van der Waals surface area (Å²) in [7, 11) is 1.67. The van der Waals surface area contributed by atoms with E-state index in [1.165, 1.54) is 0 Å². The van der Waals surface area contributed by atoms with Crippen LogP contribution in [-0.2, 0) is 14.2 Å². The minimum absolute atomic E-state index is 0. The van der Waals surface area contributed by atoms with Gasteiger partial charge in [0.15, 0.2) is 0 Å². The van der Waals surface area contributed by atoms with Crippen molar-refractivity contribution < 1.29 is 14.2 Å². The summed E-state index contributed by atoms with van der Waals surface area (Å²) < 4.78 is 15.4. The van der Waals surface area contributed by atoms with Crippen molar-refractivity contribution in [2.75, 3.05) is 33.5 Å². The highest BCUT2D eigenvalue weighted by molar-refractivity contribution is 4.63. The highest BCUT2D eigenvalue weighted by Crippen LogP contribution is 1.88. The summed E-state index contributed by atoms with van der Waals surface area (Å²) in [5, 5.41) is 0. The maximum absolute atomic E-state index is 5.25. The Hall–Kier alpha value is -0.380. The molecule has 0 aromatic rings. The number of methoxy groups -OCH3 is 1. The van der Waals surface area contributed by atoms with Crippen molar-refractivity contribution in [3.63, 3.8) is 0 Å². The van der Waals surface area contributed by atoms with Crippen molar-refractivity contribution in [1.29, 1.82) is 0 Å². The third-order valence-electron chi connectivity index (χ3n) is 1.36. The second-order valence-electron chi connectivity index (χ2n) is 2.48. The molecule has 88 valence electrons. The van der Waals surface area contributed by atoms with Gasteiger partial charge in [0.2, 0.25) is 0 Å². The van der Waals surface area contributed by atoms with Gasteiger partial charge in [-0.05, 0) is 6.92 Å². The Balaban J connectivity index is -0.000000605. The molecule has 3 nitrogen and oxygen atoms in total. The molecule has 0 N–H and O–H groups in total. The van der Waals surface area contributed by atoms with Crippen LogP contribution in [0.5, 0.6) is 0 Å². The van der Waals surface area contributed by atoms with Crippen LogP contribution >= 0.6 is 0 Å². The zero-order valence-electron chi connectivity index (χ0n) is 7.91. The molecule has 0 amide bonds. The highest BCUT2D eigenvalue weighted by Gasteiger charge is 1.97. The fourth-order valence-electron chi connectivity index (χ4n) is 0.602. The summed E-state index contributed by atoms with van der Waals surface area (Å²) in [4.78, 5) is 0. The molecule has 0 aromatic carbocycles. The van der Waals surface area contributed by atoms with Gasteiger partial charge in [-0.25, -0.2) is 0 Å². The predicted molar refractivity (Wildman–Crippen MR) is 61.8 cm³/mol. The van der Waals surface area contributed by atoms with Crippen molar-refractivity contribution in [2.45, 2.75) is 27.9 Å². The summed E-state index contributed by atoms with van der Waals surface area (Å²) in [5.41, 5.74) is 0.